The van der Waals surface area contributed by atoms with Crippen LogP contribution >= 0.6 is 11.6 Å². The molecular formula is C19H22ClNO5S. The Morgan fingerprint density at radius 1 is 1.22 bits per heavy atom. The quantitative estimate of drug-likeness (QED) is 0.693. The number of halogens is 1. The Morgan fingerprint density at radius 2 is 1.93 bits per heavy atom. The summed E-state index contributed by atoms with van der Waals surface area (Å²) in [6, 6.07) is 9.69. The lowest BCUT2D eigenvalue weighted by molar-refractivity contribution is -0.142. The topological polar surface area (TPSA) is 81.7 Å². The van der Waals surface area contributed by atoms with E-state index < -0.39 is 16.0 Å². The molecule has 2 rings (SSSR count). The molecule has 0 aliphatic carbocycles. The molecule has 1 N–H and O–H groups in total. The molecule has 8 heteroatoms. The van der Waals surface area contributed by atoms with Crippen LogP contribution in [0.1, 0.15) is 30.9 Å². The second kappa shape index (κ2) is 8.63. The number of hydrogen-bond acceptors (Lipinski definition) is 5. The average molecular weight is 412 g/mol. The molecule has 0 spiro atoms. The molecule has 2 aromatic carbocycles. The summed E-state index contributed by atoms with van der Waals surface area (Å²) >= 11 is 6.11. The first-order valence-corrected chi connectivity index (χ1v) is 10.1. The first-order valence-electron chi connectivity index (χ1n) is 8.27. The van der Waals surface area contributed by atoms with E-state index in [1.54, 1.807) is 0 Å². The minimum Gasteiger partial charge on any atom is -0.480 e. The summed E-state index contributed by atoms with van der Waals surface area (Å²) in [6.07, 6.45) is 0. The Morgan fingerprint density at radius 3 is 2.52 bits per heavy atom. The first kappa shape index (κ1) is 21.1. The third kappa shape index (κ3) is 5.14. The van der Waals surface area contributed by atoms with Crippen LogP contribution in [0.5, 0.6) is 5.75 Å². The first-order chi connectivity index (χ1) is 12.7. The van der Waals surface area contributed by atoms with Gasteiger partial charge in [0.25, 0.3) is 10.0 Å². The van der Waals surface area contributed by atoms with E-state index in [0.29, 0.717) is 5.69 Å². The number of rotatable bonds is 7. The summed E-state index contributed by atoms with van der Waals surface area (Å²) in [5.74, 6) is -0.217. The molecule has 0 fully saturated rings. The lowest BCUT2D eigenvalue weighted by atomic mass is 9.99. The average Bonchev–Trinajstić information content (AvgIpc) is 2.61. The monoisotopic (exact) mass is 411 g/mol. The van der Waals surface area contributed by atoms with Gasteiger partial charge in [-0.3, -0.25) is 4.72 Å². The van der Waals surface area contributed by atoms with Gasteiger partial charge in [0.2, 0.25) is 0 Å². The van der Waals surface area contributed by atoms with Gasteiger partial charge in [0.1, 0.15) is 5.75 Å². The lowest BCUT2D eigenvalue weighted by Crippen LogP contribution is -2.16. The third-order valence-corrected chi connectivity index (χ3v) is 5.59. The predicted octanol–water partition coefficient (Wildman–Crippen LogP) is 4.12. The Labute approximate surface area is 164 Å². The molecular weight excluding hydrogens is 390 g/mol. The standard InChI is InChI=1S/C19H22ClNO5S/c1-12(2)15-7-5-6-13(3)19(15)21-27(23,24)14-8-9-17(16(20)10-14)26-11-18(22)25-4/h5-10,12,21H,11H2,1-4H3. The number of methoxy groups -OCH3 is 1. The van der Waals surface area contributed by atoms with E-state index in [1.807, 2.05) is 39.0 Å². The van der Waals surface area contributed by atoms with Gasteiger partial charge in [-0.15, -0.1) is 0 Å². The molecule has 146 valence electrons. The lowest BCUT2D eigenvalue weighted by Gasteiger charge is -2.17. The van der Waals surface area contributed by atoms with Gasteiger partial charge in [-0.2, -0.15) is 0 Å². The van der Waals surface area contributed by atoms with Crippen LogP contribution in [-0.2, 0) is 19.6 Å². The van der Waals surface area contributed by atoms with Crippen LogP contribution in [0.15, 0.2) is 41.3 Å². The van der Waals surface area contributed by atoms with Crippen LogP contribution in [0.4, 0.5) is 5.69 Å². The third-order valence-electron chi connectivity index (χ3n) is 3.95. The number of esters is 1. The maximum absolute atomic E-state index is 12.8. The largest absolute Gasteiger partial charge is 0.480 e. The van der Waals surface area contributed by atoms with Gasteiger partial charge in [-0.05, 0) is 42.2 Å². The van der Waals surface area contributed by atoms with Crippen LogP contribution in [0.3, 0.4) is 0 Å². The summed E-state index contributed by atoms with van der Waals surface area (Å²) in [7, 11) is -2.61. The van der Waals surface area contributed by atoms with E-state index in [0.717, 1.165) is 11.1 Å². The zero-order valence-electron chi connectivity index (χ0n) is 15.6. The number of nitrogens with one attached hydrogen (secondary N) is 1. The fraction of sp³-hybridized carbons (Fsp3) is 0.316. The molecule has 27 heavy (non-hydrogen) atoms. The van der Waals surface area contributed by atoms with Gasteiger partial charge >= 0.3 is 5.97 Å². The Kier molecular flexibility index (Phi) is 6.73. The molecule has 0 radical (unpaired) electrons. The van der Waals surface area contributed by atoms with E-state index in [2.05, 4.69) is 9.46 Å². The molecule has 0 atom stereocenters. The minimum absolute atomic E-state index is 0.00382. The number of sulfonamides is 1. The summed E-state index contributed by atoms with van der Waals surface area (Å²) in [6.45, 7) is 5.52. The summed E-state index contributed by atoms with van der Waals surface area (Å²) in [5, 5.41) is 0.0793. The number of ether oxygens (including phenoxy) is 2. The Balaban J connectivity index is 2.30. The molecule has 2 aromatic rings. The maximum Gasteiger partial charge on any atom is 0.343 e. The molecule has 0 aromatic heterocycles. The smallest absolute Gasteiger partial charge is 0.343 e. The summed E-state index contributed by atoms with van der Waals surface area (Å²) in [5.41, 5.74) is 2.30. The number of carbonyl (C=O) groups excluding carboxylic acids is 1. The van der Waals surface area contributed by atoms with Crippen molar-refractivity contribution in [3.63, 3.8) is 0 Å². The van der Waals surface area contributed by atoms with Gasteiger partial charge in [0, 0.05) is 0 Å². The van der Waals surface area contributed by atoms with E-state index >= 15 is 0 Å². The van der Waals surface area contributed by atoms with Crippen molar-refractivity contribution in [1.82, 2.24) is 0 Å². The molecule has 0 unspecified atom stereocenters. The van der Waals surface area contributed by atoms with Crippen molar-refractivity contribution < 1.29 is 22.7 Å². The van der Waals surface area contributed by atoms with E-state index in [4.69, 9.17) is 16.3 Å². The second-order valence-corrected chi connectivity index (χ2v) is 8.35. The highest BCUT2D eigenvalue weighted by Gasteiger charge is 2.20. The second-order valence-electron chi connectivity index (χ2n) is 6.26. The summed E-state index contributed by atoms with van der Waals surface area (Å²) in [4.78, 5) is 11.1. The molecule has 0 saturated carbocycles. The van der Waals surface area contributed by atoms with Crippen molar-refractivity contribution in [3.8, 4) is 5.75 Å². The zero-order valence-corrected chi connectivity index (χ0v) is 17.1. The summed E-state index contributed by atoms with van der Waals surface area (Å²) < 4.78 is 38.0. The van der Waals surface area contributed by atoms with E-state index in [9.17, 15) is 13.2 Å². The molecule has 0 aliphatic rings. The predicted molar refractivity (Wildman–Crippen MR) is 105 cm³/mol. The normalized spacial score (nSPS) is 11.3. The van der Waals surface area contributed by atoms with Crippen molar-refractivity contribution in [1.29, 1.82) is 0 Å². The highest BCUT2D eigenvalue weighted by molar-refractivity contribution is 7.92. The highest BCUT2D eigenvalue weighted by atomic mass is 35.5. The Hall–Kier alpha value is -2.25. The van der Waals surface area contributed by atoms with Crippen LogP contribution < -0.4 is 9.46 Å². The van der Waals surface area contributed by atoms with Gasteiger partial charge in [0.15, 0.2) is 6.61 Å². The molecule has 0 aliphatic heterocycles. The van der Waals surface area contributed by atoms with Crippen LogP contribution in [-0.4, -0.2) is 28.1 Å². The van der Waals surface area contributed by atoms with Gasteiger partial charge < -0.3 is 9.47 Å². The number of benzene rings is 2. The number of hydrogen-bond donors (Lipinski definition) is 1. The van der Waals surface area contributed by atoms with Crippen molar-refractivity contribution in [2.45, 2.75) is 31.6 Å². The zero-order chi connectivity index (χ0) is 20.2. The molecule has 6 nitrogen and oxygen atoms in total. The number of carbonyl (C=O) groups is 1. The molecule has 0 bridgehead atoms. The van der Waals surface area contributed by atoms with Gasteiger partial charge in [-0.1, -0.05) is 43.6 Å². The van der Waals surface area contributed by atoms with Crippen molar-refractivity contribution >= 4 is 33.3 Å². The van der Waals surface area contributed by atoms with E-state index in [1.165, 1.54) is 25.3 Å². The van der Waals surface area contributed by atoms with Crippen molar-refractivity contribution in [2.75, 3.05) is 18.4 Å². The number of para-hydroxylation sites is 1. The number of anilines is 1. The van der Waals surface area contributed by atoms with Gasteiger partial charge in [-0.25, -0.2) is 13.2 Å². The Bertz CT molecular complexity index is 941. The molecule has 0 amide bonds. The number of aryl methyl sites for hydroxylation is 1. The van der Waals surface area contributed by atoms with Gasteiger partial charge in [0.05, 0.1) is 22.7 Å². The molecule has 0 heterocycles. The minimum atomic E-state index is -3.85. The van der Waals surface area contributed by atoms with Crippen LogP contribution in [0, 0.1) is 6.92 Å². The molecule has 0 saturated heterocycles. The maximum atomic E-state index is 12.8. The fourth-order valence-electron chi connectivity index (χ4n) is 2.47. The van der Waals surface area contributed by atoms with Crippen LogP contribution in [0.2, 0.25) is 5.02 Å². The van der Waals surface area contributed by atoms with Crippen molar-refractivity contribution in [2.24, 2.45) is 0 Å². The highest BCUT2D eigenvalue weighted by Crippen LogP contribution is 2.32. The fourth-order valence-corrected chi connectivity index (χ4v) is 3.95. The van der Waals surface area contributed by atoms with E-state index in [-0.39, 0.29) is 28.2 Å². The van der Waals surface area contributed by atoms with Crippen LogP contribution in [0.25, 0.3) is 0 Å². The SMILES string of the molecule is COC(=O)COc1ccc(S(=O)(=O)Nc2c(C)cccc2C(C)C)cc1Cl. The van der Waals surface area contributed by atoms with Crippen molar-refractivity contribution in [3.05, 3.63) is 52.5 Å².